The molecule has 10 atom stereocenters. The van der Waals surface area contributed by atoms with E-state index in [1.165, 1.54) is 42.7 Å². The van der Waals surface area contributed by atoms with Crippen molar-refractivity contribution in [3.63, 3.8) is 0 Å². The van der Waals surface area contributed by atoms with Crippen LogP contribution in [0.2, 0.25) is 0 Å². The van der Waals surface area contributed by atoms with Crippen LogP contribution in [0.1, 0.15) is 12.8 Å². The number of fused-ring (bicyclic) bond motifs is 4. The fraction of sp³-hybridized carbons (Fsp3) is 0.781. The molecule has 302 valence electrons. The summed E-state index contributed by atoms with van der Waals surface area (Å²) in [5, 5.41) is 7.00. The average molecular weight is 767 g/mol. The van der Waals surface area contributed by atoms with Crippen molar-refractivity contribution in [1.82, 2.24) is 0 Å². The van der Waals surface area contributed by atoms with Crippen molar-refractivity contribution in [1.29, 1.82) is 0 Å². The van der Waals surface area contributed by atoms with Gasteiger partial charge in [-0.05, 0) is 12.8 Å². The molecule has 1 N–H and O–H groups in total. The third kappa shape index (κ3) is 13.7. The molecule has 0 aromatic rings. The van der Waals surface area contributed by atoms with Gasteiger partial charge >= 0.3 is 35.8 Å². The van der Waals surface area contributed by atoms with E-state index < -0.39 is 91.0 Å². The molecule has 0 aliphatic carbocycles. The van der Waals surface area contributed by atoms with Crippen LogP contribution in [-0.2, 0) is 85.6 Å². The summed E-state index contributed by atoms with van der Waals surface area (Å²) in [4.78, 5) is 75.7. The Kier molecular flexibility index (Phi) is 22.2. The lowest BCUT2D eigenvalue weighted by Crippen LogP contribution is -2.48. The number of hydrogen-bond donors (Lipinski definition) is 1. The molecule has 4 aliphatic heterocycles. The summed E-state index contributed by atoms with van der Waals surface area (Å²) in [6.45, 7) is -1.49. The van der Waals surface area contributed by atoms with Gasteiger partial charge in [-0.2, -0.15) is 0 Å². The Labute approximate surface area is 306 Å². The highest BCUT2D eigenvalue weighted by Gasteiger charge is 2.60. The number of hydrogen-bond acceptors (Lipinski definition) is 21. The largest absolute Gasteiger partial charge is 0.469 e. The minimum Gasteiger partial charge on any atom is -0.469 e. The zero-order chi connectivity index (χ0) is 40.1. The predicted molar refractivity (Wildman–Crippen MR) is 174 cm³/mol. The first-order valence-electron chi connectivity index (χ1n) is 16.0. The summed E-state index contributed by atoms with van der Waals surface area (Å²) in [5.74, 6) is -4.21. The molecule has 0 amide bonds. The zero-order valence-corrected chi connectivity index (χ0v) is 31.2. The summed E-state index contributed by atoms with van der Waals surface area (Å²) in [5.41, 5.74) is 0. The molecule has 0 saturated carbocycles. The summed E-state index contributed by atoms with van der Waals surface area (Å²) in [6, 6.07) is 2.36. The number of ether oxygens (including phenoxy) is 12. The van der Waals surface area contributed by atoms with Crippen LogP contribution >= 0.6 is 0 Å². The van der Waals surface area contributed by atoms with E-state index in [2.05, 4.69) is 25.5 Å². The first kappa shape index (κ1) is 46.9. The first-order chi connectivity index (χ1) is 25.4. The van der Waals surface area contributed by atoms with E-state index in [1.807, 2.05) is 0 Å². The van der Waals surface area contributed by atoms with Gasteiger partial charge in [0.2, 0.25) is 0 Å². The van der Waals surface area contributed by atoms with Gasteiger partial charge in [0.05, 0.1) is 58.5 Å². The van der Waals surface area contributed by atoms with Crippen molar-refractivity contribution >= 4 is 41.8 Å². The van der Waals surface area contributed by atoms with Gasteiger partial charge in [-0.1, -0.05) is 0 Å². The van der Waals surface area contributed by atoms with Gasteiger partial charge in [0.25, 0.3) is 0 Å². The highest BCUT2D eigenvalue weighted by Crippen LogP contribution is 2.43. The van der Waals surface area contributed by atoms with Crippen molar-refractivity contribution in [3.8, 4) is 0 Å². The number of aliphatic hydroxyl groups excluding tert-OH is 1. The lowest BCUT2D eigenvalue weighted by molar-refractivity contribution is -0.170. The molecular weight excluding hydrogens is 716 g/mol. The predicted octanol–water partition coefficient (Wildman–Crippen LogP) is -1.85. The maximum absolute atomic E-state index is 11.8. The van der Waals surface area contributed by atoms with Crippen LogP contribution in [0.3, 0.4) is 0 Å². The first-order valence-corrected chi connectivity index (χ1v) is 16.0. The fourth-order valence-corrected chi connectivity index (χ4v) is 5.93. The Morgan fingerprint density at radius 3 is 1.30 bits per heavy atom. The number of rotatable bonds is 14. The molecule has 4 bridgehead atoms. The van der Waals surface area contributed by atoms with E-state index in [1.54, 1.807) is 14.1 Å². The van der Waals surface area contributed by atoms with Gasteiger partial charge in [-0.25, -0.2) is 29.2 Å². The van der Waals surface area contributed by atoms with Gasteiger partial charge in [-0.15, -0.1) is 0 Å². The SMILES string of the molecule is CN=C=NC.CO.COC(=O)COCC(=O)OC1C2CC(C(=O)OC)[C@H](O2)[C@H]1OC.COC(=O)COCC(=O)O[C@H]1C(OC)C2CC(C(=O)OC)[C@@H]1O2. The molecule has 4 heterocycles. The molecular formula is C32H50N2O19. The second-order valence-electron chi connectivity index (χ2n) is 11.0. The smallest absolute Gasteiger partial charge is 0.332 e. The molecule has 0 spiro atoms. The number of aliphatic imine (C=N–C) groups is 2. The Hall–Kier alpha value is -4.08. The molecule has 4 fully saturated rings. The average Bonchev–Trinajstić information content (AvgIpc) is 3.95. The summed E-state index contributed by atoms with van der Waals surface area (Å²) in [7, 11) is 12.2. The second kappa shape index (κ2) is 25.0. The third-order valence-electron chi connectivity index (χ3n) is 8.08. The molecule has 4 saturated heterocycles. The monoisotopic (exact) mass is 766 g/mol. The quantitative estimate of drug-likeness (QED) is 0.116. The van der Waals surface area contributed by atoms with E-state index in [9.17, 15) is 28.8 Å². The Morgan fingerprint density at radius 1 is 0.566 bits per heavy atom. The molecule has 21 heteroatoms. The van der Waals surface area contributed by atoms with Crippen molar-refractivity contribution in [2.24, 2.45) is 21.8 Å². The summed E-state index contributed by atoms with van der Waals surface area (Å²) < 4.78 is 60.6. The van der Waals surface area contributed by atoms with Gasteiger partial charge in [0.1, 0.15) is 50.8 Å². The lowest BCUT2D eigenvalue weighted by atomic mass is 9.85. The maximum atomic E-state index is 11.8. The number of esters is 6. The number of aliphatic hydroxyl groups is 1. The molecule has 21 nitrogen and oxygen atoms in total. The molecule has 0 radical (unpaired) electrons. The number of nitrogens with zero attached hydrogens (tertiary/aromatic N) is 2. The number of methoxy groups -OCH3 is 6. The van der Waals surface area contributed by atoms with Crippen LogP contribution < -0.4 is 0 Å². The Balaban J connectivity index is 0.000000451. The molecule has 0 aromatic carbocycles. The number of carbonyl (C=O) groups excluding carboxylic acids is 6. The van der Waals surface area contributed by atoms with Crippen molar-refractivity contribution in [2.45, 2.75) is 61.7 Å². The normalized spacial score (nSPS) is 28.1. The van der Waals surface area contributed by atoms with Crippen molar-refractivity contribution in [3.05, 3.63) is 0 Å². The minimum atomic E-state index is -0.725. The van der Waals surface area contributed by atoms with Crippen LogP contribution in [0, 0.1) is 11.8 Å². The highest BCUT2D eigenvalue weighted by atomic mass is 16.7. The van der Waals surface area contributed by atoms with Gasteiger partial charge in [0.15, 0.2) is 12.2 Å². The van der Waals surface area contributed by atoms with Crippen LogP contribution in [0.15, 0.2) is 9.98 Å². The van der Waals surface area contributed by atoms with Crippen LogP contribution in [0.25, 0.3) is 0 Å². The molecule has 0 aromatic heterocycles. The van der Waals surface area contributed by atoms with Gasteiger partial charge < -0.3 is 61.9 Å². The molecule has 6 unspecified atom stereocenters. The molecule has 4 rings (SSSR count). The highest BCUT2D eigenvalue weighted by molar-refractivity contribution is 5.76. The Bertz CT molecular complexity index is 1250. The topological polar surface area (TPSA) is 258 Å². The van der Waals surface area contributed by atoms with E-state index in [4.69, 9.17) is 52.5 Å². The fourth-order valence-electron chi connectivity index (χ4n) is 5.93. The summed E-state index contributed by atoms with van der Waals surface area (Å²) in [6.07, 6.45) is -3.37. The van der Waals surface area contributed by atoms with E-state index in [0.717, 1.165) is 7.11 Å². The van der Waals surface area contributed by atoms with Gasteiger partial charge in [0, 0.05) is 35.4 Å². The zero-order valence-electron chi connectivity index (χ0n) is 31.2. The van der Waals surface area contributed by atoms with Crippen LogP contribution in [0.5, 0.6) is 0 Å². The van der Waals surface area contributed by atoms with Crippen molar-refractivity contribution < 1.29 is 90.7 Å². The molecule has 53 heavy (non-hydrogen) atoms. The van der Waals surface area contributed by atoms with Crippen molar-refractivity contribution in [2.75, 3.05) is 90.3 Å². The number of carbonyl (C=O) groups is 6. The minimum absolute atomic E-state index is 0.331. The van der Waals surface area contributed by atoms with E-state index in [-0.39, 0.29) is 31.9 Å². The van der Waals surface area contributed by atoms with E-state index in [0.29, 0.717) is 12.8 Å². The third-order valence-corrected chi connectivity index (χ3v) is 8.08. The van der Waals surface area contributed by atoms with Crippen LogP contribution in [0.4, 0.5) is 0 Å². The van der Waals surface area contributed by atoms with Crippen LogP contribution in [-0.4, -0.2) is 186 Å². The standard InChI is InChI=1S/2C14H20O9.C3H6N2.CH4O/c1-18-9(15)5-21-6-10(16)23-12-8-4-7(14(17)20-3)11(22-8)13(12)19-2;1-18-9(15)5-21-6-10(16)23-13-11-7(14(17)20-3)4-8(22-11)12(13)19-2;1-4-3-5-2;1-2/h2*7-8,11-13H,4-6H2,1-3H3;1-2H3;2H,1H3/t2*7?,8?,11-,12?,13+;;/m00../s1. The van der Waals surface area contributed by atoms with Gasteiger partial charge in [-0.3, -0.25) is 9.59 Å². The van der Waals surface area contributed by atoms with E-state index >= 15 is 0 Å². The maximum Gasteiger partial charge on any atom is 0.332 e. The second-order valence-corrected chi connectivity index (χ2v) is 11.0. The summed E-state index contributed by atoms with van der Waals surface area (Å²) >= 11 is 0. The Morgan fingerprint density at radius 2 is 0.943 bits per heavy atom. The molecule has 4 aliphatic rings. The lowest BCUT2D eigenvalue weighted by Gasteiger charge is -2.30.